The fraction of sp³-hybridized carbons (Fsp3) is 0.0714. The molecule has 2 rings (SSSR count). The number of nitrogens with two attached hydrogens (primary N) is 1. The molecule has 2 aromatic rings. The number of carbonyl (C=O) groups excluding carboxylic acids is 1. The van der Waals surface area contributed by atoms with Gasteiger partial charge < -0.3 is 15.5 Å². The first-order valence-electron chi connectivity index (χ1n) is 5.68. The lowest BCUT2D eigenvalue weighted by Gasteiger charge is -2.00. The molecular formula is C14H13ClN2O2. The topological polar surface area (TPSA) is 68.3 Å². The molecule has 0 saturated heterocycles. The van der Waals surface area contributed by atoms with Gasteiger partial charge in [0.1, 0.15) is 5.76 Å². The Labute approximate surface area is 115 Å². The first kappa shape index (κ1) is 13.2. The Balaban J connectivity index is 1.90. The van der Waals surface area contributed by atoms with Gasteiger partial charge in [-0.05, 0) is 35.9 Å². The van der Waals surface area contributed by atoms with E-state index in [-0.39, 0.29) is 5.91 Å². The number of anilines is 1. The predicted octanol–water partition coefficient (Wildman–Crippen LogP) is 2.84. The Morgan fingerprint density at radius 1 is 1.42 bits per heavy atom. The highest BCUT2D eigenvalue weighted by Crippen LogP contribution is 2.20. The Morgan fingerprint density at radius 2 is 2.26 bits per heavy atom. The van der Waals surface area contributed by atoms with E-state index in [4.69, 9.17) is 21.8 Å². The Kier molecular flexibility index (Phi) is 4.26. The van der Waals surface area contributed by atoms with Crippen LogP contribution in [0.15, 0.2) is 47.1 Å². The van der Waals surface area contributed by atoms with Crippen LogP contribution in [0.2, 0.25) is 5.02 Å². The highest BCUT2D eigenvalue weighted by atomic mass is 35.5. The number of halogens is 1. The largest absolute Gasteiger partial charge is 0.467 e. The molecule has 3 N–H and O–H groups in total. The van der Waals surface area contributed by atoms with Crippen LogP contribution in [0.1, 0.15) is 11.3 Å². The van der Waals surface area contributed by atoms with Gasteiger partial charge in [0.05, 0.1) is 23.5 Å². The zero-order valence-electron chi connectivity index (χ0n) is 10.1. The molecule has 1 aromatic heterocycles. The number of amides is 1. The Hall–Kier alpha value is -2.20. The average Bonchev–Trinajstić information content (AvgIpc) is 2.91. The van der Waals surface area contributed by atoms with Crippen molar-refractivity contribution in [1.82, 2.24) is 5.32 Å². The van der Waals surface area contributed by atoms with E-state index in [1.165, 1.54) is 6.08 Å². The van der Waals surface area contributed by atoms with Gasteiger partial charge in [-0.25, -0.2) is 0 Å². The summed E-state index contributed by atoms with van der Waals surface area (Å²) in [6, 6.07) is 8.75. The second-order valence-electron chi connectivity index (χ2n) is 3.91. The van der Waals surface area contributed by atoms with Crippen molar-refractivity contribution in [1.29, 1.82) is 0 Å². The van der Waals surface area contributed by atoms with Crippen LogP contribution in [0.3, 0.4) is 0 Å². The molecule has 4 nitrogen and oxygen atoms in total. The summed E-state index contributed by atoms with van der Waals surface area (Å²) >= 11 is 5.81. The lowest BCUT2D eigenvalue weighted by atomic mass is 10.2. The second-order valence-corrected chi connectivity index (χ2v) is 4.32. The van der Waals surface area contributed by atoms with Gasteiger partial charge in [-0.2, -0.15) is 0 Å². The van der Waals surface area contributed by atoms with E-state index in [1.54, 1.807) is 42.7 Å². The summed E-state index contributed by atoms with van der Waals surface area (Å²) < 4.78 is 5.11. The summed E-state index contributed by atoms with van der Waals surface area (Å²) in [5.41, 5.74) is 6.97. The summed E-state index contributed by atoms with van der Waals surface area (Å²) in [5, 5.41) is 3.20. The second kappa shape index (κ2) is 6.11. The van der Waals surface area contributed by atoms with Gasteiger partial charge in [0.2, 0.25) is 5.91 Å². The van der Waals surface area contributed by atoms with Gasteiger partial charge in [0.25, 0.3) is 0 Å². The van der Waals surface area contributed by atoms with Crippen molar-refractivity contribution in [2.75, 3.05) is 5.73 Å². The molecule has 0 aliphatic heterocycles. The van der Waals surface area contributed by atoms with Crippen LogP contribution in [-0.4, -0.2) is 5.91 Å². The summed E-state index contributed by atoms with van der Waals surface area (Å²) in [6.45, 7) is 0.360. The number of nitrogens with one attached hydrogen (secondary N) is 1. The first-order valence-corrected chi connectivity index (χ1v) is 6.06. The lowest BCUT2D eigenvalue weighted by molar-refractivity contribution is -0.116. The monoisotopic (exact) mass is 276 g/mol. The average molecular weight is 277 g/mol. The molecule has 0 aliphatic rings. The van der Waals surface area contributed by atoms with Crippen LogP contribution in [0.25, 0.3) is 6.08 Å². The van der Waals surface area contributed by atoms with E-state index >= 15 is 0 Å². The van der Waals surface area contributed by atoms with Crippen molar-refractivity contribution in [3.8, 4) is 0 Å². The maximum atomic E-state index is 11.6. The minimum Gasteiger partial charge on any atom is -0.467 e. The fourth-order valence-electron chi connectivity index (χ4n) is 1.48. The maximum absolute atomic E-state index is 11.6. The zero-order chi connectivity index (χ0) is 13.7. The molecule has 0 radical (unpaired) electrons. The molecular weight excluding hydrogens is 264 g/mol. The number of carbonyl (C=O) groups is 1. The van der Waals surface area contributed by atoms with Gasteiger partial charge in [0, 0.05) is 6.08 Å². The molecule has 98 valence electrons. The quantitative estimate of drug-likeness (QED) is 0.666. The summed E-state index contributed by atoms with van der Waals surface area (Å²) in [5.74, 6) is 0.502. The third-order valence-electron chi connectivity index (χ3n) is 2.46. The molecule has 0 saturated carbocycles. The van der Waals surface area contributed by atoms with E-state index in [9.17, 15) is 4.79 Å². The standard InChI is InChI=1S/C14H13ClN2O2/c15-12-5-3-10(8-13(12)16)4-6-14(18)17-9-11-2-1-7-19-11/h1-8H,9,16H2,(H,17,18)/b6-4+. The van der Waals surface area contributed by atoms with Crippen molar-refractivity contribution >= 4 is 29.3 Å². The van der Waals surface area contributed by atoms with Gasteiger partial charge in [-0.3, -0.25) is 4.79 Å². The van der Waals surface area contributed by atoms with E-state index in [0.29, 0.717) is 23.0 Å². The molecule has 0 atom stereocenters. The highest BCUT2D eigenvalue weighted by Gasteiger charge is 1.99. The highest BCUT2D eigenvalue weighted by molar-refractivity contribution is 6.33. The van der Waals surface area contributed by atoms with E-state index in [0.717, 1.165) is 5.56 Å². The normalized spacial score (nSPS) is 10.8. The zero-order valence-corrected chi connectivity index (χ0v) is 10.9. The van der Waals surface area contributed by atoms with Gasteiger partial charge in [0.15, 0.2) is 0 Å². The number of furan rings is 1. The van der Waals surface area contributed by atoms with Crippen molar-refractivity contribution in [2.45, 2.75) is 6.54 Å². The number of nitrogen functional groups attached to an aromatic ring is 1. The number of rotatable bonds is 4. The number of benzene rings is 1. The maximum Gasteiger partial charge on any atom is 0.244 e. The molecule has 1 heterocycles. The number of hydrogen-bond donors (Lipinski definition) is 2. The van der Waals surface area contributed by atoms with Crippen LogP contribution in [0.5, 0.6) is 0 Å². The SMILES string of the molecule is Nc1cc(/C=C/C(=O)NCc2ccco2)ccc1Cl. The molecule has 0 aliphatic carbocycles. The molecule has 0 bridgehead atoms. The molecule has 19 heavy (non-hydrogen) atoms. The van der Waals surface area contributed by atoms with Crippen molar-refractivity contribution in [3.05, 3.63) is 59.0 Å². The minimum atomic E-state index is -0.204. The molecule has 5 heteroatoms. The molecule has 0 spiro atoms. The van der Waals surface area contributed by atoms with Crippen molar-refractivity contribution in [2.24, 2.45) is 0 Å². The van der Waals surface area contributed by atoms with Gasteiger partial charge >= 0.3 is 0 Å². The Bertz CT molecular complexity index is 591. The van der Waals surface area contributed by atoms with Crippen LogP contribution in [-0.2, 0) is 11.3 Å². The lowest BCUT2D eigenvalue weighted by Crippen LogP contribution is -2.19. The Morgan fingerprint density at radius 3 is 2.95 bits per heavy atom. The van der Waals surface area contributed by atoms with E-state index in [2.05, 4.69) is 5.32 Å². The van der Waals surface area contributed by atoms with Crippen LogP contribution in [0, 0.1) is 0 Å². The smallest absolute Gasteiger partial charge is 0.244 e. The van der Waals surface area contributed by atoms with Crippen LogP contribution < -0.4 is 11.1 Å². The van der Waals surface area contributed by atoms with Crippen molar-refractivity contribution < 1.29 is 9.21 Å². The summed E-state index contributed by atoms with van der Waals surface area (Å²) in [4.78, 5) is 11.6. The molecule has 0 fully saturated rings. The molecule has 1 amide bonds. The van der Waals surface area contributed by atoms with E-state index in [1.807, 2.05) is 0 Å². The summed E-state index contributed by atoms with van der Waals surface area (Å²) in [6.07, 6.45) is 4.67. The third-order valence-corrected chi connectivity index (χ3v) is 2.81. The van der Waals surface area contributed by atoms with E-state index < -0.39 is 0 Å². The predicted molar refractivity (Wildman–Crippen MR) is 75.5 cm³/mol. The van der Waals surface area contributed by atoms with Crippen molar-refractivity contribution in [3.63, 3.8) is 0 Å². The molecule has 0 unspecified atom stereocenters. The fourth-order valence-corrected chi connectivity index (χ4v) is 1.60. The van der Waals surface area contributed by atoms with Gasteiger partial charge in [-0.15, -0.1) is 0 Å². The number of hydrogen-bond acceptors (Lipinski definition) is 3. The van der Waals surface area contributed by atoms with Crippen LogP contribution in [0.4, 0.5) is 5.69 Å². The summed E-state index contributed by atoms with van der Waals surface area (Å²) in [7, 11) is 0. The molecule has 1 aromatic carbocycles. The third kappa shape index (κ3) is 3.89. The van der Waals surface area contributed by atoms with Gasteiger partial charge in [-0.1, -0.05) is 17.7 Å². The minimum absolute atomic E-state index is 0.204. The van der Waals surface area contributed by atoms with Crippen LogP contribution >= 0.6 is 11.6 Å². The first-order chi connectivity index (χ1) is 9.15.